The fraction of sp³-hybridized carbons (Fsp3) is 0.600. The van der Waals surface area contributed by atoms with E-state index in [0.29, 0.717) is 24.6 Å². The van der Waals surface area contributed by atoms with Crippen molar-refractivity contribution in [3.05, 3.63) is 29.8 Å². The second-order valence-electron chi connectivity index (χ2n) is 7.73. The Morgan fingerprint density at radius 3 is 2.75 bits per heavy atom. The maximum atomic E-state index is 12.8. The summed E-state index contributed by atoms with van der Waals surface area (Å²) in [5, 5.41) is 3.01. The third-order valence-corrected chi connectivity index (χ3v) is 6.87. The van der Waals surface area contributed by atoms with Crippen LogP contribution in [0.25, 0.3) is 0 Å². The third-order valence-electron chi connectivity index (χ3n) is 5.47. The average molecular weight is 407 g/mol. The summed E-state index contributed by atoms with van der Waals surface area (Å²) in [6.45, 7) is 4.72. The fourth-order valence-corrected chi connectivity index (χ4v) is 4.63. The Bertz CT molecular complexity index is 849. The van der Waals surface area contributed by atoms with E-state index < -0.39 is 16.1 Å². The lowest BCUT2D eigenvalue weighted by atomic mass is 10.1. The summed E-state index contributed by atoms with van der Waals surface area (Å²) in [7, 11) is -1.51. The van der Waals surface area contributed by atoms with Gasteiger partial charge >= 0.3 is 0 Å². The van der Waals surface area contributed by atoms with Gasteiger partial charge in [-0.25, -0.2) is 8.42 Å². The first kappa shape index (κ1) is 20.8. The molecule has 1 saturated carbocycles. The first-order chi connectivity index (χ1) is 13.3. The number of carbonyl (C=O) groups excluding carboxylic acids is 1. The van der Waals surface area contributed by atoms with Crippen molar-refractivity contribution in [2.24, 2.45) is 4.99 Å². The molecule has 0 radical (unpaired) electrons. The zero-order chi connectivity index (χ0) is 20.3. The van der Waals surface area contributed by atoms with Crippen molar-refractivity contribution in [2.75, 3.05) is 13.6 Å². The van der Waals surface area contributed by atoms with Crippen LogP contribution in [0.2, 0.25) is 0 Å². The number of nitrogens with one attached hydrogen (secondary N) is 2. The van der Waals surface area contributed by atoms with Gasteiger partial charge in [0.2, 0.25) is 5.91 Å². The van der Waals surface area contributed by atoms with E-state index in [1.54, 1.807) is 24.3 Å². The van der Waals surface area contributed by atoms with Crippen molar-refractivity contribution in [1.29, 1.82) is 0 Å². The highest BCUT2D eigenvalue weighted by molar-refractivity contribution is 7.90. The molecular weight excluding hydrogens is 376 g/mol. The van der Waals surface area contributed by atoms with Gasteiger partial charge in [-0.3, -0.25) is 19.4 Å². The van der Waals surface area contributed by atoms with Gasteiger partial charge in [0.15, 0.2) is 0 Å². The molecule has 1 aliphatic heterocycles. The van der Waals surface area contributed by atoms with Crippen LogP contribution < -0.4 is 10.0 Å². The van der Waals surface area contributed by atoms with Crippen LogP contribution in [0.5, 0.6) is 0 Å². The van der Waals surface area contributed by atoms with Crippen LogP contribution in [0.1, 0.15) is 51.5 Å². The Morgan fingerprint density at radius 1 is 1.36 bits per heavy atom. The molecular formula is C20H30N4O3S. The minimum atomic E-state index is -3.61. The van der Waals surface area contributed by atoms with Crippen LogP contribution in [0, 0.1) is 0 Å². The predicted octanol–water partition coefficient (Wildman–Crippen LogP) is 1.88. The number of nitrogens with zero attached hydrogens (tertiary/aromatic N) is 2. The molecule has 1 amide bonds. The van der Waals surface area contributed by atoms with Gasteiger partial charge in [-0.15, -0.1) is 0 Å². The van der Waals surface area contributed by atoms with E-state index in [0.717, 1.165) is 12.8 Å². The number of likely N-dealkylation sites (N-methyl/N-ethyl adjacent to an activating group) is 1. The molecule has 2 atom stereocenters. The molecule has 0 saturated heterocycles. The van der Waals surface area contributed by atoms with Crippen molar-refractivity contribution in [3.63, 3.8) is 0 Å². The minimum Gasteiger partial charge on any atom is -0.353 e. The summed E-state index contributed by atoms with van der Waals surface area (Å²) in [4.78, 5) is 19.8. The minimum absolute atomic E-state index is 0.152. The lowest BCUT2D eigenvalue weighted by Crippen LogP contribution is -2.44. The molecule has 8 heteroatoms. The van der Waals surface area contributed by atoms with Crippen LogP contribution >= 0.6 is 0 Å². The van der Waals surface area contributed by atoms with Gasteiger partial charge in [-0.05, 0) is 45.4 Å². The van der Waals surface area contributed by atoms with Crippen LogP contribution in [-0.2, 0) is 14.8 Å². The Hall–Kier alpha value is -1.93. The van der Waals surface area contributed by atoms with E-state index in [-0.39, 0.29) is 22.7 Å². The molecule has 2 unspecified atom stereocenters. The third kappa shape index (κ3) is 4.72. The normalized spacial score (nSPS) is 21.2. The van der Waals surface area contributed by atoms with Crippen molar-refractivity contribution in [1.82, 2.24) is 14.9 Å². The Kier molecular flexibility index (Phi) is 6.40. The number of amides is 1. The number of sulfonamides is 1. The van der Waals surface area contributed by atoms with Crippen molar-refractivity contribution < 1.29 is 13.2 Å². The SMILES string of the molecule is CCCCC(N=C1NS(=O)(=O)c2ccccc21)C(=O)NCC(C)N(C)C1CC1. The zero-order valence-electron chi connectivity index (χ0n) is 16.8. The van der Waals surface area contributed by atoms with Gasteiger partial charge in [0, 0.05) is 24.2 Å². The van der Waals surface area contributed by atoms with E-state index in [1.807, 2.05) is 0 Å². The first-order valence-corrected chi connectivity index (χ1v) is 11.5. The van der Waals surface area contributed by atoms with Crippen LogP contribution in [0.15, 0.2) is 34.2 Å². The van der Waals surface area contributed by atoms with Gasteiger partial charge in [-0.1, -0.05) is 31.9 Å². The molecule has 2 N–H and O–H groups in total. The molecule has 0 bridgehead atoms. The lowest BCUT2D eigenvalue weighted by molar-refractivity contribution is -0.122. The van der Waals surface area contributed by atoms with E-state index >= 15 is 0 Å². The molecule has 0 aromatic heterocycles. The quantitative estimate of drug-likeness (QED) is 0.655. The summed E-state index contributed by atoms with van der Waals surface area (Å²) >= 11 is 0. The number of unbranched alkanes of at least 4 members (excludes halogenated alkanes) is 1. The van der Waals surface area contributed by atoms with Gasteiger partial charge in [-0.2, -0.15) is 0 Å². The average Bonchev–Trinajstić information content (AvgIpc) is 3.49. The van der Waals surface area contributed by atoms with E-state index in [4.69, 9.17) is 0 Å². The molecule has 1 aromatic carbocycles. The molecule has 154 valence electrons. The Labute approximate surface area is 167 Å². The summed E-state index contributed by atoms with van der Waals surface area (Å²) in [5.41, 5.74) is 0.527. The molecule has 1 fully saturated rings. The highest BCUT2D eigenvalue weighted by Gasteiger charge is 2.32. The summed E-state index contributed by atoms with van der Waals surface area (Å²) in [6, 6.07) is 6.99. The fourth-order valence-electron chi connectivity index (χ4n) is 3.39. The molecule has 0 spiro atoms. The van der Waals surface area contributed by atoms with E-state index in [1.165, 1.54) is 12.8 Å². The smallest absolute Gasteiger partial charge is 0.263 e. The van der Waals surface area contributed by atoms with Gasteiger partial charge < -0.3 is 5.32 Å². The first-order valence-electron chi connectivity index (χ1n) is 10.0. The number of rotatable bonds is 9. The van der Waals surface area contributed by atoms with Gasteiger partial charge in [0.25, 0.3) is 10.0 Å². The zero-order valence-corrected chi connectivity index (χ0v) is 17.6. The van der Waals surface area contributed by atoms with Crippen LogP contribution in [-0.4, -0.2) is 56.8 Å². The topological polar surface area (TPSA) is 90.9 Å². The molecule has 1 aliphatic carbocycles. The van der Waals surface area contributed by atoms with Gasteiger partial charge in [0.1, 0.15) is 11.9 Å². The maximum absolute atomic E-state index is 12.8. The standard InChI is InChI=1S/C20H30N4O3S/c1-4-5-9-17(20(25)21-13-14(2)24(3)15-11-12-15)22-19-16-8-6-7-10-18(16)28(26,27)23-19/h6-8,10,14-15,17H,4-5,9,11-13H2,1-3H3,(H,21,25)(H,22,23). The predicted molar refractivity (Wildman–Crippen MR) is 110 cm³/mol. The van der Waals surface area contributed by atoms with Crippen LogP contribution in [0.3, 0.4) is 0 Å². The number of hydrogen-bond donors (Lipinski definition) is 2. The van der Waals surface area contributed by atoms with Gasteiger partial charge in [0.05, 0.1) is 4.90 Å². The number of benzene rings is 1. The highest BCUT2D eigenvalue weighted by atomic mass is 32.2. The molecule has 2 aliphatic rings. The van der Waals surface area contributed by atoms with Crippen molar-refractivity contribution in [2.45, 2.75) is 69.0 Å². The molecule has 1 aromatic rings. The highest BCUT2D eigenvalue weighted by Crippen LogP contribution is 2.27. The number of fused-ring (bicyclic) bond motifs is 1. The molecule has 28 heavy (non-hydrogen) atoms. The monoisotopic (exact) mass is 406 g/mol. The number of amidine groups is 1. The largest absolute Gasteiger partial charge is 0.353 e. The summed E-state index contributed by atoms with van der Waals surface area (Å²) < 4.78 is 27.1. The van der Waals surface area contributed by atoms with Crippen LogP contribution in [0.4, 0.5) is 0 Å². The second kappa shape index (κ2) is 8.61. The van der Waals surface area contributed by atoms with Crippen molar-refractivity contribution in [3.8, 4) is 0 Å². The molecule has 7 nitrogen and oxygen atoms in total. The lowest BCUT2D eigenvalue weighted by Gasteiger charge is -2.25. The van der Waals surface area contributed by atoms with E-state index in [2.05, 4.69) is 40.8 Å². The Morgan fingerprint density at radius 2 is 2.07 bits per heavy atom. The molecule has 1 heterocycles. The number of carbonyl (C=O) groups is 1. The summed E-state index contributed by atoms with van der Waals surface area (Å²) in [6.07, 6.45) is 4.82. The van der Waals surface area contributed by atoms with E-state index in [9.17, 15) is 13.2 Å². The number of aliphatic imine (C=N–C) groups is 1. The maximum Gasteiger partial charge on any atom is 0.263 e. The second-order valence-corrected chi connectivity index (χ2v) is 9.38. The number of hydrogen-bond acceptors (Lipinski definition) is 5. The summed E-state index contributed by atoms with van der Waals surface area (Å²) in [5.74, 6) is 0.107. The van der Waals surface area contributed by atoms with Crippen molar-refractivity contribution >= 4 is 21.8 Å². The molecule has 3 rings (SSSR count). The Balaban J connectivity index is 1.73.